The number of hydrogen-bond acceptors (Lipinski definition) is 5. The Morgan fingerprint density at radius 2 is 2.03 bits per heavy atom. The molecular weight excluding hydrogens is 364 g/mol. The molecule has 1 saturated heterocycles. The van der Waals surface area contributed by atoms with Gasteiger partial charge in [0, 0.05) is 30.0 Å². The SMILES string of the molecule is Cc1cc(Nc2ncccc2C)cc([C@H]2CN(C(=O)C3CCCCC3)CCO2)n1. The van der Waals surface area contributed by atoms with E-state index in [9.17, 15) is 4.79 Å². The molecule has 2 fully saturated rings. The van der Waals surface area contributed by atoms with Gasteiger partial charge in [0.15, 0.2) is 0 Å². The molecule has 1 saturated carbocycles. The van der Waals surface area contributed by atoms with E-state index in [0.717, 1.165) is 41.3 Å². The number of morpholine rings is 1. The highest BCUT2D eigenvalue weighted by molar-refractivity contribution is 5.79. The Morgan fingerprint density at radius 1 is 1.21 bits per heavy atom. The molecule has 0 spiro atoms. The number of ether oxygens (including phenoxy) is 1. The van der Waals surface area contributed by atoms with E-state index in [1.54, 1.807) is 6.20 Å². The van der Waals surface area contributed by atoms with Gasteiger partial charge in [-0.05, 0) is 50.5 Å². The van der Waals surface area contributed by atoms with Gasteiger partial charge in [-0.3, -0.25) is 9.78 Å². The van der Waals surface area contributed by atoms with Crippen molar-refractivity contribution >= 4 is 17.4 Å². The Morgan fingerprint density at radius 3 is 2.83 bits per heavy atom. The number of carbonyl (C=O) groups excluding carboxylic acids is 1. The highest BCUT2D eigenvalue weighted by Crippen LogP contribution is 2.29. The van der Waals surface area contributed by atoms with Crippen molar-refractivity contribution in [2.75, 3.05) is 25.0 Å². The molecule has 2 aliphatic rings. The fourth-order valence-corrected chi connectivity index (χ4v) is 4.32. The lowest BCUT2D eigenvalue weighted by molar-refractivity contribution is -0.144. The van der Waals surface area contributed by atoms with Crippen LogP contribution in [0.2, 0.25) is 0 Å². The van der Waals surface area contributed by atoms with Crippen molar-refractivity contribution in [2.45, 2.75) is 52.1 Å². The summed E-state index contributed by atoms with van der Waals surface area (Å²) in [5.41, 5.74) is 3.80. The van der Waals surface area contributed by atoms with Gasteiger partial charge < -0.3 is 15.0 Å². The van der Waals surface area contributed by atoms with Gasteiger partial charge in [0.1, 0.15) is 11.9 Å². The highest BCUT2D eigenvalue weighted by atomic mass is 16.5. The summed E-state index contributed by atoms with van der Waals surface area (Å²) in [6.07, 6.45) is 7.25. The quantitative estimate of drug-likeness (QED) is 0.837. The first kappa shape index (κ1) is 19.8. The molecule has 1 amide bonds. The van der Waals surface area contributed by atoms with Crippen LogP contribution < -0.4 is 5.32 Å². The Bertz CT molecular complexity index is 864. The molecule has 6 nitrogen and oxygen atoms in total. The minimum atomic E-state index is -0.193. The molecule has 1 N–H and O–H groups in total. The summed E-state index contributed by atoms with van der Waals surface area (Å²) < 4.78 is 6.02. The van der Waals surface area contributed by atoms with E-state index in [-0.39, 0.29) is 12.0 Å². The molecular formula is C23H30N4O2. The van der Waals surface area contributed by atoms with Gasteiger partial charge in [-0.15, -0.1) is 0 Å². The van der Waals surface area contributed by atoms with Crippen LogP contribution >= 0.6 is 0 Å². The molecule has 0 radical (unpaired) electrons. The van der Waals surface area contributed by atoms with Gasteiger partial charge in [-0.1, -0.05) is 25.3 Å². The van der Waals surface area contributed by atoms with E-state index in [4.69, 9.17) is 9.72 Å². The second-order valence-corrected chi connectivity index (χ2v) is 8.19. The number of nitrogens with zero attached hydrogens (tertiary/aromatic N) is 3. The zero-order chi connectivity index (χ0) is 20.2. The molecule has 1 aliphatic heterocycles. The van der Waals surface area contributed by atoms with E-state index < -0.39 is 0 Å². The predicted molar refractivity (Wildman–Crippen MR) is 113 cm³/mol. The standard InChI is InChI=1S/C23H30N4O2/c1-16-7-6-10-24-22(16)26-19-13-17(2)25-20(14-19)21-15-27(11-12-29-21)23(28)18-8-4-3-5-9-18/h6-7,10,13-14,18,21H,3-5,8-9,11-12,15H2,1-2H3,(H,24,25,26)/t21-/m1/s1. The van der Waals surface area contributed by atoms with Gasteiger partial charge >= 0.3 is 0 Å². The Hall–Kier alpha value is -2.47. The van der Waals surface area contributed by atoms with Gasteiger partial charge in [-0.25, -0.2) is 4.98 Å². The molecule has 29 heavy (non-hydrogen) atoms. The van der Waals surface area contributed by atoms with Crippen LogP contribution in [0.15, 0.2) is 30.5 Å². The highest BCUT2D eigenvalue weighted by Gasteiger charge is 2.31. The topological polar surface area (TPSA) is 67.4 Å². The summed E-state index contributed by atoms with van der Waals surface area (Å²) in [5.74, 6) is 1.33. The summed E-state index contributed by atoms with van der Waals surface area (Å²) in [6, 6.07) is 7.98. The molecule has 2 aromatic heterocycles. The van der Waals surface area contributed by atoms with Gasteiger partial charge in [0.25, 0.3) is 0 Å². The number of rotatable bonds is 4. The Labute approximate surface area is 172 Å². The zero-order valence-electron chi connectivity index (χ0n) is 17.4. The lowest BCUT2D eigenvalue weighted by atomic mass is 9.88. The summed E-state index contributed by atoms with van der Waals surface area (Å²) in [6.45, 7) is 5.82. The molecule has 0 unspecified atom stereocenters. The molecule has 1 atom stereocenters. The molecule has 1 aliphatic carbocycles. The summed E-state index contributed by atoms with van der Waals surface area (Å²) >= 11 is 0. The second-order valence-electron chi connectivity index (χ2n) is 8.19. The molecule has 4 rings (SSSR count). The van der Waals surface area contributed by atoms with Crippen molar-refractivity contribution in [1.29, 1.82) is 0 Å². The third-order valence-electron chi connectivity index (χ3n) is 5.91. The van der Waals surface area contributed by atoms with Crippen molar-refractivity contribution in [3.05, 3.63) is 47.4 Å². The number of carbonyl (C=O) groups is 1. The van der Waals surface area contributed by atoms with Gasteiger partial charge in [-0.2, -0.15) is 0 Å². The first-order valence-electron chi connectivity index (χ1n) is 10.7. The first-order valence-corrected chi connectivity index (χ1v) is 10.7. The van der Waals surface area contributed by atoms with Crippen LogP contribution in [0.5, 0.6) is 0 Å². The third-order valence-corrected chi connectivity index (χ3v) is 5.91. The van der Waals surface area contributed by atoms with Crippen LogP contribution in [0.25, 0.3) is 0 Å². The Balaban J connectivity index is 1.49. The van der Waals surface area contributed by atoms with Crippen molar-refractivity contribution < 1.29 is 9.53 Å². The largest absolute Gasteiger partial charge is 0.368 e. The molecule has 0 bridgehead atoms. The van der Waals surface area contributed by atoms with Crippen LogP contribution in [0, 0.1) is 19.8 Å². The molecule has 0 aromatic carbocycles. The summed E-state index contributed by atoms with van der Waals surface area (Å²) in [4.78, 5) is 24.1. The summed E-state index contributed by atoms with van der Waals surface area (Å²) in [7, 11) is 0. The lowest BCUT2D eigenvalue weighted by Crippen LogP contribution is -2.45. The van der Waals surface area contributed by atoms with Crippen molar-refractivity contribution in [2.24, 2.45) is 5.92 Å². The van der Waals surface area contributed by atoms with Crippen LogP contribution in [-0.2, 0) is 9.53 Å². The van der Waals surface area contributed by atoms with Crippen molar-refractivity contribution in [3.8, 4) is 0 Å². The first-order chi connectivity index (χ1) is 14.1. The molecule has 3 heterocycles. The van der Waals surface area contributed by atoms with Crippen molar-refractivity contribution in [1.82, 2.24) is 14.9 Å². The molecule has 154 valence electrons. The van der Waals surface area contributed by atoms with Crippen LogP contribution in [0.4, 0.5) is 11.5 Å². The van der Waals surface area contributed by atoms with E-state index in [2.05, 4.69) is 10.3 Å². The second kappa shape index (κ2) is 8.91. The summed E-state index contributed by atoms with van der Waals surface area (Å²) in [5, 5.41) is 3.39. The average Bonchev–Trinajstić information content (AvgIpc) is 2.75. The van der Waals surface area contributed by atoms with Crippen LogP contribution in [-0.4, -0.2) is 40.5 Å². The monoisotopic (exact) mass is 394 g/mol. The van der Waals surface area contributed by atoms with Gasteiger partial charge in [0.2, 0.25) is 5.91 Å². The maximum Gasteiger partial charge on any atom is 0.225 e. The minimum Gasteiger partial charge on any atom is -0.368 e. The zero-order valence-corrected chi connectivity index (χ0v) is 17.4. The average molecular weight is 395 g/mol. The third kappa shape index (κ3) is 4.75. The number of aryl methyl sites for hydroxylation is 2. The normalized spacial score (nSPS) is 20.5. The maximum atomic E-state index is 13.0. The van der Waals surface area contributed by atoms with Crippen molar-refractivity contribution in [3.63, 3.8) is 0 Å². The van der Waals surface area contributed by atoms with E-state index in [1.807, 2.05) is 43.0 Å². The molecule has 2 aromatic rings. The van der Waals surface area contributed by atoms with E-state index in [1.165, 1.54) is 19.3 Å². The lowest BCUT2D eigenvalue weighted by Gasteiger charge is -2.36. The smallest absolute Gasteiger partial charge is 0.225 e. The van der Waals surface area contributed by atoms with E-state index in [0.29, 0.717) is 25.6 Å². The number of nitrogens with one attached hydrogen (secondary N) is 1. The predicted octanol–water partition coefficient (Wildman–Crippen LogP) is 4.32. The number of aromatic nitrogens is 2. The van der Waals surface area contributed by atoms with E-state index >= 15 is 0 Å². The number of amides is 1. The fourth-order valence-electron chi connectivity index (χ4n) is 4.32. The molecule has 6 heteroatoms. The number of anilines is 2. The number of pyridine rings is 2. The fraction of sp³-hybridized carbons (Fsp3) is 0.522. The maximum absolute atomic E-state index is 13.0. The van der Waals surface area contributed by atoms with Crippen LogP contribution in [0.1, 0.15) is 55.2 Å². The van der Waals surface area contributed by atoms with Crippen LogP contribution in [0.3, 0.4) is 0 Å². The number of hydrogen-bond donors (Lipinski definition) is 1. The Kier molecular flexibility index (Phi) is 6.09. The minimum absolute atomic E-state index is 0.192. The van der Waals surface area contributed by atoms with Gasteiger partial charge in [0.05, 0.1) is 18.8 Å².